The molecular formula is C26H29ClN2O2S. The number of hydrogen-bond acceptors (Lipinski definition) is 5. The van der Waals surface area contributed by atoms with Crippen LogP contribution in [0.15, 0.2) is 60.0 Å². The van der Waals surface area contributed by atoms with Crippen molar-refractivity contribution in [2.45, 2.75) is 6.42 Å². The number of benzene rings is 2. The molecule has 2 aromatic carbocycles. The van der Waals surface area contributed by atoms with Gasteiger partial charge in [0.15, 0.2) is 0 Å². The molecule has 0 unspecified atom stereocenters. The summed E-state index contributed by atoms with van der Waals surface area (Å²) < 4.78 is 6.42. The molecule has 1 saturated heterocycles. The van der Waals surface area contributed by atoms with Gasteiger partial charge in [-0.3, -0.25) is 4.90 Å². The molecular weight excluding hydrogens is 440 g/mol. The van der Waals surface area contributed by atoms with Gasteiger partial charge in [-0.05, 0) is 30.2 Å². The molecule has 0 amide bonds. The van der Waals surface area contributed by atoms with Crippen LogP contribution < -0.4 is 4.74 Å². The first kappa shape index (κ1) is 24.2. The molecule has 1 aliphatic heterocycles. The van der Waals surface area contributed by atoms with Gasteiger partial charge in [-0.25, -0.2) is 4.79 Å². The Morgan fingerprint density at radius 1 is 1.06 bits per heavy atom. The van der Waals surface area contributed by atoms with Gasteiger partial charge in [-0.15, -0.1) is 23.7 Å². The highest BCUT2D eigenvalue weighted by atomic mass is 35.5. The normalized spacial score (nSPS) is 14.9. The highest BCUT2D eigenvalue weighted by molar-refractivity contribution is 7.17. The van der Waals surface area contributed by atoms with Gasteiger partial charge in [0.25, 0.3) is 0 Å². The van der Waals surface area contributed by atoms with Gasteiger partial charge in [0.1, 0.15) is 11.7 Å². The molecule has 0 aliphatic carbocycles. The number of carbonyl (C=O) groups excluding carboxylic acids is 1. The van der Waals surface area contributed by atoms with E-state index in [1.807, 2.05) is 24.3 Å². The minimum absolute atomic E-state index is 0. The van der Waals surface area contributed by atoms with Crippen LogP contribution in [-0.2, 0) is 4.79 Å². The summed E-state index contributed by atoms with van der Waals surface area (Å²) in [5.74, 6) is 3.10. The molecule has 0 N–H and O–H groups in total. The Hall–Kier alpha value is -2.40. The Morgan fingerprint density at radius 2 is 1.78 bits per heavy atom. The van der Waals surface area contributed by atoms with Gasteiger partial charge in [-0.1, -0.05) is 42.5 Å². The van der Waals surface area contributed by atoms with Crippen molar-refractivity contribution in [1.82, 2.24) is 9.80 Å². The first-order valence-corrected chi connectivity index (χ1v) is 11.6. The van der Waals surface area contributed by atoms with Crippen molar-refractivity contribution in [3.05, 3.63) is 71.1 Å². The molecule has 1 aromatic heterocycles. The monoisotopic (exact) mass is 468 g/mol. The molecule has 0 bridgehead atoms. The van der Waals surface area contributed by atoms with Gasteiger partial charge in [-0.2, -0.15) is 0 Å². The fourth-order valence-electron chi connectivity index (χ4n) is 3.97. The van der Waals surface area contributed by atoms with Crippen molar-refractivity contribution in [1.29, 1.82) is 0 Å². The zero-order valence-corrected chi connectivity index (χ0v) is 20.0. The summed E-state index contributed by atoms with van der Waals surface area (Å²) in [5, 5.41) is 3.26. The average Bonchev–Trinajstić information content (AvgIpc) is 3.25. The molecule has 1 fully saturated rings. The number of piperazine rings is 1. The zero-order valence-electron chi connectivity index (χ0n) is 18.3. The van der Waals surface area contributed by atoms with Crippen LogP contribution in [0.2, 0.25) is 0 Å². The van der Waals surface area contributed by atoms with E-state index in [2.05, 4.69) is 57.5 Å². The van der Waals surface area contributed by atoms with Crippen LogP contribution in [0.3, 0.4) is 0 Å². The fraction of sp³-hybridized carbons (Fsp3) is 0.308. The second-order valence-corrected chi connectivity index (χ2v) is 8.71. The first-order chi connectivity index (χ1) is 15.3. The Balaban J connectivity index is 0.00000289. The van der Waals surface area contributed by atoms with E-state index >= 15 is 0 Å². The van der Waals surface area contributed by atoms with Crippen LogP contribution in [0.25, 0.3) is 21.7 Å². The predicted octanol–water partition coefficient (Wildman–Crippen LogP) is 5.27. The minimum atomic E-state index is 0. The van der Waals surface area contributed by atoms with Crippen molar-refractivity contribution in [3.8, 4) is 5.75 Å². The Kier molecular flexibility index (Phi) is 9.10. The van der Waals surface area contributed by atoms with Gasteiger partial charge in [0.2, 0.25) is 0 Å². The molecule has 2 heterocycles. The third-order valence-corrected chi connectivity index (χ3v) is 6.83. The number of halogens is 1. The highest BCUT2D eigenvalue weighted by Gasteiger charge is 2.17. The minimum Gasteiger partial charge on any atom is -0.497 e. The molecule has 0 saturated carbocycles. The van der Waals surface area contributed by atoms with Gasteiger partial charge >= 0.3 is 0 Å². The van der Waals surface area contributed by atoms with E-state index in [4.69, 9.17) is 4.74 Å². The van der Waals surface area contributed by atoms with Gasteiger partial charge in [0, 0.05) is 65.9 Å². The Labute approximate surface area is 200 Å². The predicted molar refractivity (Wildman–Crippen MR) is 138 cm³/mol. The van der Waals surface area contributed by atoms with E-state index in [0.29, 0.717) is 0 Å². The molecule has 4 nitrogen and oxygen atoms in total. The summed E-state index contributed by atoms with van der Waals surface area (Å²) in [6.07, 6.45) is 5.14. The molecule has 4 rings (SSSR count). The van der Waals surface area contributed by atoms with Crippen molar-refractivity contribution >= 4 is 51.4 Å². The fourth-order valence-corrected chi connectivity index (χ4v) is 4.95. The summed E-state index contributed by atoms with van der Waals surface area (Å²) >= 11 is 1.69. The van der Waals surface area contributed by atoms with Crippen molar-refractivity contribution < 1.29 is 9.53 Å². The highest BCUT2D eigenvalue weighted by Crippen LogP contribution is 2.31. The van der Waals surface area contributed by atoms with E-state index in [9.17, 15) is 4.79 Å². The van der Waals surface area contributed by atoms with Crippen molar-refractivity contribution in [3.63, 3.8) is 0 Å². The van der Waals surface area contributed by atoms with Crippen molar-refractivity contribution in [2.75, 3.05) is 46.4 Å². The number of hydrogen-bond donors (Lipinski definition) is 0. The quantitative estimate of drug-likeness (QED) is 0.422. The standard InChI is InChI=1S/C26H28N2O2S.ClH/c1-30-23-10-8-21(9-11-23)5-4-13-27-15-17-28(18-16-27)14-12-22(19-29)25-20-31-26-7-3-2-6-24(25)26;/h2-11,20H,12-18H2,1H3;1H. The van der Waals surface area contributed by atoms with Crippen LogP contribution in [-0.4, -0.2) is 62.1 Å². The van der Waals surface area contributed by atoms with E-state index in [-0.39, 0.29) is 12.4 Å². The van der Waals surface area contributed by atoms with Crippen LogP contribution >= 0.6 is 23.7 Å². The van der Waals surface area contributed by atoms with Crippen LogP contribution in [0.5, 0.6) is 5.75 Å². The summed E-state index contributed by atoms with van der Waals surface area (Å²) in [5.41, 5.74) is 3.04. The third-order valence-electron chi connectivity index (χ3n) is 5.86. The summed E-state index contributed by atoms with van der Waals surface area (Å²) in [6.45, 7) is 6.03. The van der Waals surface area contributed by atoms with E-state index < -0.39 is 0 Å². The molecule has 0 spiro atoms. The average molecular weight is 469 g/mol. The molecule has 168 valence electrons. The Bertz CT molecular complexity index is 1080. The van der Waals surface area contributed by atoms with E-state index in [1.54, 1.807) is 18.4 Å². The molecule has 32 heavy (non-hydrogen) atoms. The lowest BCUT2D eigenvalue weighted by Gasteiger charge is -2.34. The second-order valence-electron chi connectivity index (χ2n) is 7.79. The second kappa shape index (κ2) is 12.0. The number of rotatable bonds is 8. The smallest absolute Gasteiger partial charge is 0.128 e. The molecule has 3 aromatic rings. The lowest BCUT2D eigenvalue weighted by atomic mass is 10.0. The van der Waals surface area contributed by atoms with Gasteiger partial charge < -0.3 is 9.64 Å². The maximum atomic E-state index is 11.6. The number of fused-ring (bicyclic) bond motifs is 1. The molecule has 1 aliphatic rings. The van der Waals surface area contributed by atoms with E-state index in [0.717, 1.165) is 62.6 Å². The summed E-state index contributed by atoms with van der Waals surface area (Å²) in [7, 11) is 1.69. The SMILES string of the molecule is COc1ccc(C=CCN2CCN(CCC(=C=O)c3csc4ccccc34)CC2)cc1.Cl. The van der Waals surface area contributed by atoms with Crippen molar-refractivity contribution in [2.24, 2.45) is 0 Å². The molecule has 0 atom stereocenters. The first-order valence-electron chi connectivity index (χ1n) is 10.7. The number of nitrogens with zero attached hydrogens (tertiary/aromatic N) is 2. The maximum absolute atomic E-state index is 11.6. The lowest BCUT2D eigenvalue weighted by Crippen LogP contribution is -2.46. The zero-order chi connectivity index (χ0) is 21.5. The third kappa shape index (κ3) is 6.10. The topological polar surface area (TPSA) is 32.8 Å². The van der Waals surface area contributed by atoms with Crippen LogP contribution in [0, 0.1) is 0 Å². The van der Waals surface area contributed by atoms with Gasteiger partial charge in [0.05, 0.1) is 7.11 Å². The lowest BCUT2D eigenvalue weighted by molar-refractivity contribution is 0.145. The summed E-state index contributed by atoms with van der Waals surface area (Å²) in [4.78, 5) is 16.6. The largest absolute Gasteiger partial charge is 0.497 e. The molecule has 0 radical (unpaired) electrons. The van der Waals surface area contributed by atoms with E-state index in [1.165, 1.54) is 15.6 Å². The van der Waals surface area contributed by atoms with Crippen LogP contribution in [0.1, 0.15) is 17.5 Å². The maximum Gasteiger partial charge on any atom is 0.128 e. The summed E-state index contributed by atoms with van der Waals surface area (Å²) in [6, 6.07) is 16.4. The number of ether oxygens (including phenoxy) is 1. The number of methoxy groups -OCH3 is 1. The van der Waals surface area contributed by atoms with Crippen LogP contribution in [0.4, 0.5) is 0 Å². The molecule has 6 heteroatoms. The Morgan fingerprint density at radius 3 is 2.50 bits per heavy atom. The number of thiophene rings is 1.